The Morgan fingerprint density at radius 2 is 2.00 bits per heavy atom. The SMILES string of the molecule is COc1ccc(B(F)F)nc1.[F-].[K+]. The van der Waals surface area contributed by atoms with Crippen LogP contribution in [0.2, 0.25) is 0 Å². The molecule has 1 rings (SSSR count). The van der Waals surface area contributed by atoms with Crippen LogP contribution in [0.3, 0.4) is 0 Å². The first kappa shape index (κ1) is 15.9. The van der Waals surface area contributed by atoms with Gasteiger partial charge in [-0.25, -0.2) is 0 Å². The molecule has 13 heavy (non-hydrogen) atoms. The van der Waals surface area contributed by atoms with E-state index >= 15 is 0 Å². The van der Waals surface area contributed by atoms with Gasteiger partial charge in [0.05, 0.1) is 18.9 Å². The number of rotatable bonds is 2. The van der Waals surface area contributed by atoms with E-state index in [9.17, 15) is 8.63 Å². The molecule has 1 aromatic rings. The van der Waals surface area contributed by atoms with E-state index in [-0.39, 0.29) is 61.7 Å². The molecule has 0 aliphatic rings. The first-order valence-electron chi connectivity index (χ1n) is 3.02. The number of ether oxygens (including phenoxy) is 1. The van der Waals surface area contributed by atoms with Crippen LogP contribution in [0.15, 0.2) is 18.3 Å². The van der Waals surface area contributed by atoms with Crippen molar-refractivity contribution < 1.29 is 69.5 Å². The normalized spacial score (nSPS) is 7.92. The molecule has 0 aliphatic carbocycles. The Labute approximate surface area is 117 Å². The van der Waals surface area contributed by atoms with Gasteiger partial charge in [0.2, 0.25) is 0 Å². The third kappa shape index (κ3) is 5.02. The van der Waals surface area contributed by atoms with Crippen LogP contribution in [0.4, 0.5) is 8.63 Å². The average molecular weight is 215 g/mol. The zero-order valence-corrected chi connectivity index (χ0v) is 10.4. The fourth-order valence-corrected chi connectivity index (χ4v) is 0.642. The third-order valence-electron chi connectivity index (χ3n) is 1.22. The Hall–Kier alpha value is 0.441. The number of halogens is 3. The van der Waals surface area contributed by atoms with E-state index in [2.05, 4.69) is 4.98 Å². The molecule has 0 N–H and O–H groups in total. The molecule has 1 aromatic heterocycles. The fraction of sp³-hybridized carbons (Fsp3) is 0.167. The van der Waals surface area contributed by atoms with E-state index in [1.54, 1.807) is 0 Å². The molecule has 2 nitrogen and oxygen atoms in total. The van der Waals surface area contributed by atoms with Crippen molar-refractivity contribution in [2.24, 2.45) is 0 Å². The van der Waals surface area contributed by atoms with Gasteiger partial charge < -0.3 is 9.44 Å². The molecule has 0 saturated heterocycles. The van der Waals surface area contributed by atoms with Crippen LogP contribution in [-0.2, 0) is 0 Å². The zero-order valence-electron chi connectivity index (χ0n) is 7.30. The Kier molecular flexibility index (Phi) is 9.55. The maximum atomic E-state index is 11.9. The number of nitrogens with zero attached hydrogens (tertiary/aromatic N) is 1. The minimum absolute atomic E-state index is 0. The molecule has 0 aromatic carbocycles. The van der Waals surface area contributed by atoms with E-state index < -0.39 is 7.27 Å². The Balaban J connectivity index is 0. The van der Waals surface area contributed by atoms with E-state index in [0.29, 0.717) is 5.75 Å². The Bertz CT molecular complexity index is 234. The van der Waals surface area contributed by atoms with Gasteiger partial charge in [-0.2, -0.15) is 0 Å². The van der Waals surface area contributed by atoms with Crippen LogP contribution in [0.25, 0.3) is 0 Å². The molecule has 1 heterocycles. The van der Waals surface area contributed by atoms with Crippen molar-refractivity contribution in [2.75, 3.05) is 7.11 Å². The van der Waals surface area contributed by atoms with E-state index in [1.807, 2.05) is 0 Å². The van der Waals surface area contributed by atoms with Crippen molar-refractivity contribution in [3.05, 3.63) is 18.3 Å². The molecule has 0 fully saturated rings. The number of pyridine rings is 1. The topological polar surface area (TPSA) is 22.1 Å². The van der Waals surface area contributed by atoms with Crippen LogP contribution in [0.1, 0.15) is 0 Å². The number of aromatic nitrogens is 1. The van der Waals surface area contributed by atoms with E-state index in [0.717, 1.165) is 0 Å². The van der Waals surface area contributed by atoms with Gasteiger partial charge in [0, 0.05) is 0 Å². The van der Waals surface area contributed by atoms with Gasteiger partial charge in [-0.15, -0.1) is 0 Å². The second-order valence-electron chi connectivity index (χ2n) is 1.92. The molecule has 0 unspecified atom stereocenters. The molecule has 0 spiro atoms. The maximum absolute atomic E-state index is 11.9. The number of hydrogen-bond acceptors (Lipinski definition) is 2. The molecule has 0 saturated carbocycles. The Morgan fingerprint density at radius 1 is 1.38 bits per heavy atom. The number of methoxy groups -OCH3 is 1. The first-order chi connectivity index (χ1) is 5.24. The van der Waals surface area contributed by atoms with Crippen molar-refractivity contribution >= 4 is 12.9 Å². The van der Waals surface area contributed by atoms with Crippen LogP contribution < -0.4 is 66.4 Å². The summed E-state index contributed by atoms with van der Waals surface area (Å²) in [7, 11) is -1.06. The quantitative estimate of drug-likeness (QED) is 0.460. The largest absolute Gasteiger partial charge is 1.00 e. The minimum atomic E-state index is -2.51. The Morgan fingerprint density at radius 3 is 2.31 bits per heavy atom. The molecular formula is C6H6BF3KNO. The summed E-state index contributed by atoms with van der Waals surface area (Å²) in [5.41, 5.74) is -0.231. The second kappa shape index (κ2) is 7.81. The van der Waals surface area contributed by atoms with Gasteiger partial charge >= 0.3 is 58.7 Å². The summed E-state index contributed by atoms with van der Waals surface area (Å²) in [6.07, 6.45) is 1.27. The average Bonchev–Trinajstić information content (AvgIpc) is 2.05. The van der Waals surface area contributed by atoms with Crippen LogP contribution in [0, 0.1) is 0 Å². The summed E-state index contributed by atoms with van der Waals surface area (Å²) in [4.78, 5) is 3.47. The zero-order chi connectivity index (χ0) is 8.27. The molecular weight excluding hydrogens is 209 g/mol. The molecule has 66 valence electrons. The van der Waals surface area contributed by atoms with Crippen molar-refractivity contribution in [3.63, 3.8) is 0 Å². The van der Waals surface area contributed by atoms with Gasteiger partial charge in [-0.1, -0.05) is 0 Å². The maximum Gasteiger partial charge on any atom is 1.00 e. The summed E-state index contributed by atoms with van der Waals surface area (Å²) in [6.45, 7) is 0. The smallest absolute Gasteiger partial charge is 1.00 e. The van der Waals surface area contributed by atoms with Gasteiger partial charge in [-0.3, -0.25) is 13.6 Å². The van der Waals surface area contributed by atoms with Gasteiger partial charge in [0.25, 0.3) is 0 Å². The molecule has 0 amide bonds. The summed E-state index contributed by atoms with van der Waals surface area (Å²) in [6, 6.07) is 2.69. The van der Waals surface area contributed by atoms with Crippen molar-refractivity contribution in [2.45, 2.75) is 0 Å². The molecule has 7 heteroatoms. The predicted octanol–water partition coefficient (Wildman–Crippen LogP) is -5.27. The summed E-state index contributed by atoms with van der Waals surface area (Å²) < 4.78 is 28.5. The van der Waals surface area contributed by atoms with Gasteiger partial charge in [0.15, 0.2) is 0 Å². The first-order valence-corrected chi connectivity index (χ1v) is 3.02. The summed E-state index contributed by atoms with van der Waals surface area (Å²) >= 11 is 0. The van der Waals surface area contributed by atoms with Crippen molar-refractivity contribution in [1.29, 1.82) is 0 Å². The third-order valence-corrected chi connectivity index (χ3v) is 1.22. The minimum Gasteiger partial charge on any atom is -1.00 e. The molecule has 0 radical (unpaired) electrons. The van der Waals surface area contributed by atoms with Crippen molar-refractivity contribution in [1.82, 2.24) is 4.98 Å². The van der Waals surface area contributed by atoms with Crippen LogP contribution in [0.5, 0.6) is 5.75 Å². The predicted molar refractivity (Wildman–Crippen MR) is 38.4 cm³/mol. The van der Waals surface area contributed by atoms with Gasteiger partial charge in [-0.05, 0) is 12.1 Å². The molecule has 0 aliphatic heterocycles. The number of hydrogen-bond donors (Lipinski definition) is 0. The summed E-state index contributed by atoms with van der Waals surface area (Å²) in [5.74, 6) is 0.481. The molecule has 0 atom stereocenters. The second-order valence-corrected chi connectivity index (χ2v) is 1.92. The summed E-state index contributed by atoms with van der Waals surface area (Å²) in [5, 5.41) is 0. The van der Waals surface area contributed by atoms with Crippen molar-refractivity contribution in [3.8, 4) is 5.75 Å². The monoisotopic (exact) mass is 215 g/mol. The fourth-order valence-electron chi connectivity index (χ4n) is 0.642. The van der Waals surface area contributed by atoms with E-state index in [1.165, 1.54) is 25.4 Å². The van der Waals surface area contributed by atoms with Crippen LogP contribution in [-0.4, -0.2) is 19.4 Å². The molecule has 0 bridgehead atoms. The van der Waals surface area contributed by atoms with Crippen LogP contribution >= 0.6 is 0 Å². The standard InChI is InChI=1S/C6H6BF2NO.FH.K/c1-11-5-2-3-6(7(8)9)10-4-5;;/h2-4H,1H3;1H;/q;;+1/p-1. The van der Waals surface area contributed by atoms with E-state index in [4.69, 9.17) is 4.74 Å². The van der Waals surface area contributed by atoms with Gasteiger partial charge in [0.1, 0.15) is 5.75 Å².